The molecule has 4 nitrogen and oxygen atoms in total. The number of carbonyl (C=O) groups excluding carboxylic acids is 1. The van der Waals surface area contributed by atoms with Crippen molar-refractivity contribution in [1.29, 1.82) is 0 Å². The second-order valence-corrected chi connectivity index (χ2v) is 3.58. The fourth-order valence-electron chi connectivity index (χ4n) is 1.66. The lowest BCUT2D eigenvalue weighted by atomic mass is 10.1. The molecule has 0 saturated heterocycles. The van der Waals surface area contributed by atoms with Crippen LogP contribution in [0.3, 0.4) is 0 Å². The van der Waals surface area contributed by atoms with Crippen molar-refractivity contribution >= 4 is 11.7 Å². The molecule has 1 heterocycles. The Bertz CT molecular complexity index is 517. The summed E-state index contributed by atoms with van der Waals surface area (Å²) in [5.74, 6) is -0.400. The smallest absolute Gasteiger partial charge is 0.341 e. The molecule has 0 radical (unpaired) electrons. The summed E-state index contributed by atoms with van der Waals surface area (Å²) in [4.78, 5) is 14.6. The minimum Gasteiger partial charge on any atom is -0.462 e. The van der Waals surface area contributed by atoms with Crippen LogP contribution < -0.4 is 5.73 Å². The van der Waals surface area contributed by atoms with Crippen LogP contribution in [0.5, 0.6) is 0 Å². The molecular formula is C13H14N2O2. The highest BCUT2D eigenvalue weighted by atomic mass is 16.5. The van der Waals surface area contributed by atoms with Crippen LogP contribution in [0, 0.1) is 0 Å². The fraction of sp³-hybridized carbons (Fsp3) is 0.154. The Hall–Kier alpha value is -2.23. The number of hydrogen-bond donors (Lipinski definition) is 2. The van der Waals surface area contributed by atoms with Gasteiger partial charge in [-0.1, -0.05) is 30.3 Å². The first-order valence-electron chi connectivity index (χ1n) is 5.43. The number of carbonyl (C=O) groups is 1. The molecule has 0 atom stereocenters. The van der Waals surface area contributed by atoms with Crippen molar-refractivity contribution in [2.45, 2.75) is 6.92 Å². The van der Waals surface area contributed by atoms with Gasteiger partial charge in [-0.3, -0.25) is 0 Å². The standard InChI is InChI=1S/C13H14N2O2/c1-2-17-13(16)10-8-15-12(11(10)14)9-6-4-3-5-7-9/h3-8,15H,2,14H2,1H3. The zero-order chi connectivity index (χ0) is 12.3. The van der Waals surface area contributed by atoms with Gasteiger partial charge in [-0.2, -0.15) is 0 Å². The van der Waals surface area contributed by atoms with E-state index in [1.807, 2.05) is 30.3 Å². The largest absolute Gasteiger partial charge is 0.462 e. The van der Waals surface area contributed by atoms with Gasteiger partial charge in [-0.05, 0) is 6.92 Å². The number of nitrogens with two attached hydrogens (primary N) is 1. The molecule has 4 heteroatoms. The Morgan fingerprint density at radius 2 is 2.06 bits per heavy atom. The summed E-state index contributed by atoms with van der Waals surface area (Å²) in [5.41, 5.74) is 8.43. The number of aromatic amines is 1. The lowest BCUT2D eigenvalue weighted by molar-refractivity contribution is 0.0528. The Kier molecular flexibility index (Phi) is 3.14. The number of benzene rings is 1. The highest BCUT2D eigenvalue weighted by Crippen LogP contribution is 2.27. The quantitative estimate of drug-likeness (QED) is 0.796. The second-order valence-electron chi connectivity index (χ2n) is 3.58. The second kappa shape index (κ2) is 4.74. The van der Waals surface area contributed by atoms with Crippen molar-refractivity contribution in [3.63, 3.8) is 0 Å². The molecule has 1 aromatic heterocycles. The number of hydrogen-bond acceptors (Lipinski definition) is 3. The molecular weight excluding hydrogens is 216 g/mol. The molecule has 3 N–H and O–H groups in total. The molecule has 0 spiro atoms. The van der Waals surface area contributed by atoms with Gasteiger partial charge < -0.3 is 15.5 Å². The Morgan fingerprint density at radius 1 is 1.35 bits per heavy atom. The zero-order valence-corrected chi connectivity index (χ0v) is 9.57. The maximum atomic E-state index is 11.6. The molecule has 0 fully saturated rings. The number of H-pyrrole nitrogens is 1. The van der Waals surface area contributed by atoms with Gasteiger partial charge in [0.15, 0.2) is 0 Å². The summed E-state index contributed by atoms with van der Waals surface area (Å²) in [6.07, 6.45) is 1.58. The molecule has 17 heavy (non-hydrogen) atoms. The number of rotatable bonds is 3. The van der Waals surface area contributed by atoms with Crippen LogP contribution in [0.1, 0.15) is 17.3 Å². The van der Waals surface area contributed by atoms with Crippen molar-refractivity contribution in [2.75, 3.05) is 12.3 Å². The first kappa shape index (κ1) is 11.3. The van der Waals surface area contributed by atoms with Crippen molar-refractivity contribution in [3.8, 4) is 11.3 Å². The molecule has 88 valence electrons. The van der Waals surface area contributed by atoms with Gasteiger partial charge >= 0.3 is 5.97 Å². The highest BCUT2D eigenvalue weighted by Gasteiger charge is 2.16. The first-order valence-corrected chi connectivity index (χ1v) is 5.43. The number of nitrogens with one attached hydrogen (secondary N) is 1. The van der Waals surface area contributed by atoms with Crippen LogP contribution >= 0.6 is 0 Å². The summed E-state index contributed by atoms with van der Waals surface area (Å²) in [6, 6.07) is 9.61. The molecule has 0 aliphatic heterocycles. The molecule has 0 amide bonds. The van der Waals surface area contributed by atoms with E-state index in [4.69, 9.17) is 10.5 Å². The Balaban J connectivity index is 2.37. The van der Waals surface area contributed by atoms with Gasteiger partial charge in [-0.15, -0.1) is 0 Å². The van der Waals surface area contributed by atoms with Gasteiger partial charge in [-0.25, -0.2) is 4.79 Å². The molecule has 2 aromatic rings. The lowest BCUT2D eigenvalue weighted by Crippen LogP contribution is -2.06. The monoisotopic (exact) mass is 230 g/mol. The van der Waals surface area contributed by atoms with Gasteiger partial charge in [0, 0.05) is 11.8 Å². The Labute approximate surface area is 99.4 Å². The van der Waals surface area contributed by atoms with Crippen LogP contribution in [-0.4, -0.2) is 17.6 Å². The minimum atomic E-state index is -0.400. The average Bonchev–Trinajstić information content (AvgIpc) is 2.72. The summed E-state index contributed by atoms with van der Waals surface area (Å²) in [5, 5.41) is 0. The summed E-state index contributed by atoms with van der Waals surface area (Å²) in [6.45, 7) is 2.10. The number of esters is 1. The first-order chi connectivity index (χ1) is 8.24. The topological polar surface area (TPSA) is 68.1 Å². The van der Waals surface area contributed by atoms with E-state index < -0.39 is 5.97 Å². The van der Waals surface area contributed by atoms with Crippen LogP contribution in [0.25, 0.3) is 11.3 Å². The highest BCUT2D eigenvalue weighted by molar-refractivity contribution is 5.99. The van der Waals surface area contributed by atoms with Crippen molar-refractivity contribution in [3.05, 3.63) is 42.1 Å². The molecule has 0 unspecified atom stereocenters. The van der Waals surface area contributed by atoms with Gasteiger partial charge in [0.1, 0.15) is 5.56 Å². The van der Waals surface area contributed by atoms with Gasteiger partial charge in [0.25, 0.3) is 0 Å². The maximum absolute atomic E-state index is 11.6. The number of nitrogen functional groups attached to an aromatic ring is 1. The lowest BCUT2D eigenvalue weighted by Gasteiger charge is -2.02. The normalized spacial score (nSPS) is 10.2. The third-order valence-corrected chi connectivity index (χ3v) is 2.48. The van der Waals surface area contributed by atoms with E-state index in [0.717, 1.165) is 11.3 Å². The van der Waals surface area contributed by atoms with E-state index in [1.165, 1.54) is 0 Å². The summed E-state index contributed by atoms with van der Waals surface area (Å²) in [7, 11) is 0. The van der Waals surface area contributed by atoms with Crippen LogP contribution in [0.15, 0.2) is 36.5 Å². The third kappa shape index (κ3) is 2.15. The number of aromatic nitrogens is 1. The van der Waals surface area contributed by atoms with Crippen molar-refractivity contribution in [1.82, 2.24) is 4.98 Å². The average molecular weight is 230 g/mol. The molecule has 0 saturated carbocycles. The zero-order valence-electron chi connectivity index (χ0n) is 9.57. The Morgan fingerprint density at radius 3 is 2.71 bits per heavy atom. The van der Waals surface area contributed by atoms with E-state index in [9.17, 15) is 4.79 Å². The molecule has 1 aromatic carbocycles. The van der Waals surface area contributed by atoms with E-state index in [-0.39, 0.29) is 0 Å². The summed E-state index contributed by atoms with van der Waals surface area (Å²) >= 11 is 0. The van der Waals surface area contributed by atoms with Crippen LogP contribution in [-0.2, 0) is 4.74 Å². The predicted molar refractivity (Wildman–Crippen MR) is 66.6 cm³/mol. The number of anilines is 1. The van der Waals surface area contributed by atoms with E-state index in [1.54, 1.807) is 13.1 Å². The molecule has 2 rings (SSSR count). The van der Waals surface area contributed by atoms with Crippen molar-refractivity contribution < 1.29 is 9.53 Å². The SMILES string of the molecule is CCOC(=O)c1c[nH]c(-c2ccccc2)c1N. The maximum Gasteiger partial charge on any atom is 0.341 e. The van der Waals surface area contributed by atoms with E-state index in [0.29, 0.717) is 17.9 Å². The molecule has 0 bridgehead atoms. The van der Waals surface area contributed by atoms with E-state index >= 15 is 0 Å². The molecule has 0 aliphatic carbocycles. The minimum absolute atomic E-state index is 0.337. The van der Waals surface area contributed by atoms with Crippen LogP contribution in [0.4, 0.5) is 5.69 Å². The van der Waals surface area contributed by atoms with E-state index in [2.05, 4.69) is 4.98 Å². The third-order valence-electron chi connectivity index (χ3n) is 2.48. The number of ether oxygens (including phenoxy) is 1. The van der Waals surface area contributed by atoms with Gasteiger partial charge in [0.2, 0.25) is 0 Å². The fourth-order valence-corrected chi connectivity index (χ4v) is 1.66. The van der Waals surface area contributed by atoms with Crippen molar-refractivity contribution in [2.24, 2.45) is 0 Å². The van der Waals surface area contributed by atoms with Gasteiger partial charge in [0.05, 0.1) is 18.0 Å². The molecule has 0 aliphatic rings. The van der Waals surface area contributed by atoms with Crippen LogP contribution in [0.2, 0.25) is 0 Å². The summed E-state index contributed by atoms with van der Waals surface area (Å²) < 4.78 is 4.92. The predicted octanol–water partition coefficient (Wildman–Crippen LogP) is 2.44.